The standard InChI is InChI=1S/C26H34N6O2S/c1-35(27,34)22-4-2-3-18(8-22)7-19-9-25(10-19)13-30(14-25)24(33)31-15-26(16-31)11-21(12-26)32-17-28-23(29-32)20-5-6-20/h2-4,8,17,19-21,27H,5-7,9-16H2,1H3/t35-/m1/s1. The molecule has 2 spiro atoms. The van der Waals surface area contributed by atoms with Crippen LogP contribution in [0.15, 0.2) is 35.5 Å². The van der Waals surface area contributed by atoms with E-state index in [1.54, 1.807) is 6.07 Å². The van der Waals surface area contributed by atoms with Gasteiger partial charge < -0.3 is 9.80 Å². The molecular weight excluding hydrogens is 460 g/mol. The molecule has 7 rings (SSSR count). The molecule has 8 nitrogen and oxygen atoms in total. The van der Waals surface area contributed by atoms with Crippen molar-refractivity contribution >= 4 is 15.8 Å². The number of urea groups is 1. The highest BCUT2D eigenvalue weighted by Crippen LogP contribution is 2.56. The first-order chi connectivity index (χ1) is 16.7. The highest BCUT2D eigenvalue weighted by Gasteiger charge is 2.58. The molecule has 3 saturated carbocycles. The molecule has 5 aliphatic rings. The number of nitrogens with one attached hydrogen (secondary N) is 1. The van der Waals surface area contributed by atoms with Crippen LogP contribution < -0.4 is 0 Å². The first-order valence-corrected chi connectivity index (χ1v) is 14.9. The Bertz CT molecular complexity index is 1270. The number of benzene rings is 1. The van der Waals surface area contributed by atoms with Gasteiger partial charge in [-0.2, -0.15) is 5.10 Å². The van der Waals surface area contributed by atoms with Crippen molar-refractivity contribution in [3.8, 4) is 0 Å². The number of hydrogen-bond acceptors (Lipinski definition) is 5. The van der Waals surface area contributed by atoms with Gasteiger partial charge in [0.25, 0.3) is 0 Å². The quantitative estimate of drug-likeness (QED) is 0.682. The lowest BCUT2D eigenvalue weighted by Crippen LogP contribution is -2.71. The van der Waals surface area contributed by atoms with E-state index in [1.807, 2.05) is 28.3 Å². The van der Waals surface area contributed by atoms with Crippen LogP contribution in [0, 0.1) is 21.5 Å². The lowest BCUT2D eigenvalue weighted by molar-refractivity contribution is -0.107. The molecule has 0 radical (unpaired) electrons. The fraction of sp³-hybridized carbons (Fsp3) is 0.654. The molecule has 1 atom stereocenters. The number of carbonyl (C=O) groups excluding carboxylic acids is 1. The van der Waals surface area contributed by atoms with Crippen molar-refractivity contribution < 1.29 is 9.00 Å². The first-order valence-electron chi connectivity index (χ1n) is 13.0. The number of hydrogen-bond donors (Lipinski definition) is 1. The average molecular weight is 495 g/mol. The summed E-state index contributed by atoms with van der Waals surface area (Å²) in [5, 5.41) is 4.70. The molecule has 0 bridgehead atoms. The highest BCUT2D eigenvalue weighted by atomic mass is 32.2. The van der Waals surface area contributed by atoms with Crippen LogP contribution in [0.5, 0.6) is 0 Å². The minimum atomic E-state index is -2.67. The van der Waals surface area contributed by atoms with E-state index < -0.39 is 9.73 Å². The number of likely N-dealkylation sites (tertiary alicyclic amines) is 2. The largest absolute Gasteiger partial charge is 0.323 e. The minimum Gasteiger partial charge on any atom is -0.323 e. The third-order valence-corrected chi connectivity index (χ3v) is 10.3. The smallest absolute Gasteiger partial charge is 0.320 e. The second-order valence-electron chi connectivity index (χ2n) is 12.4. The maximum absolute atomic E-state index is 13.0. The molecule has 1 N–H and O–H groups in total. The Morgan fingerprint density at radius 1 is 1.09 bits per heavy atom. The van der Waals surface area contributed by atoms with Crippen molar-refractivity contribution in [2.75, 3.05) is 32.4 Å². The number of amides is 2. The molecular formula is C26H34N6O2S. The highest BCUT2D eigenvalue weighted by molar-refractivity contribution is 7.91. The van der Waals surface area contributed by atoms with Gasteiger partial charge in [-0.15, -0.1) is 0 Å². The summed E-state index contributed by atoms with van der Waals surface area (Å²) in [7, 11) is -2.67. The number of aromatic nitrogens is 3. The van der Waals surface area contributed by atoms with Gasteiger partial charge in [0.05, 0.1) is 15.8 Å². The first kappa shape index (κ1) is 21.8. The van der Waals surface area contributed by atoms with Crippen LogP contribution in [-0.4, -0.2) is 67.2 Å². The van der Waals surface area contributed by atoms with Crippen molar-refractivity contribution in [2.45, 2.75) is 61.8 Å². The zero-order valence-corrected chi connectivity index (χ0v) is 21.2. The molecule has 5 fully saturated rings. The van der Waals surface area contributed by atoms with E-state index in [1.165, 1.54) is 24.7 Å². The maximum atomic E-state index is 13.0. The van der Waals surface area contributed by atoms with Gasteiger partial charge in [-0.25, -0.2) is 23.4 Å². The van der Waals surface area contributed by atoms with Crippen LogP contribution in [0.2, 0.25) is 0 Å². The van der Waals surface area contributed by atoms with Crippen molar-refractivity contribution in [3.63, 3.8) is 0 Å². The third-order valence-electron chi connectivity index (χ3n) is 9.14. The summed E-state index contributed by atoms with van der Waals surface area (Å²) in [6.07, 6.45) is 11.4. The van der Waals surface area contributed by atoms with Gasteiger partial charge in [-0.3, -0.25) is 0 Å². The molecule has 1 aromatic heterocycles. The Labute approximate surface area is 207 Å². The molecule has 1 aromatic carbocycles. The molecule has 3 heterocycles. The summed E-state index contributed by atoms with van der Waals surface area (Å²) in [5.74, 6) is 2.25. The van der Waals surface area contributed by atoms with Crippen molar-refractivity contribution in [2.24, 2.45) is 16.7 Å². The van der Waals surface area contributed by atoms with E-state index in [-0.39, 0.29) is 6.03 Å². The number of carbonyl (C=O) groups is 1. The van der Waals surface area contributed by atoms with Gasteiger partial charge in [0.1, 0.15) is 6.33 Å². The fourth-order valence-electron chi connectivity index (χ4n) is 7.19. The summed E-state index contributed by atoms with van der Waals surface area (Å²) in [6.45, 7) is 3.58. The zero-order valence-electron chi connectivity index (χ0n) is 20.4. The van der Waals surface area contributed by atoms with E-state index in [0.717, 1.165) is 64.1 Å². The second-order valence-corrected chi connectivity index (χ2v) is 14.5. The van der Waals surface area contributed by atoms with Crippen molar-refractivity contribution in [3.05, 3.63) is 42.0 Å². The molecule has 186 valence electrons. The van der Waals surface area contributed by atoms with Crippen LogP contribution in [0.25, 0.3) is 0 Å². The summed E-state index contributed by atoms with van der Waals surface area (Å²) in [4.78, 5) is 22.2. The van der Waals surface area contributed by atoms with Gasteiger partial charge in [0, 0.05) is 54.1 Å². The lowest BCUT2D eigenvalue weighted by Gasteiger charge is -2.63. The monoisotopic (exact) mass is 494 g/mol. The molecule has 3 aliphatic carbocycles. The SMILES string of the molecule is C[S@@](=N)(=O)c1cccc(CC2CC3(C2)CN(C(=O)N2CC4(CC(n5cnc(C6CC6)n5)C4)C2)C3)c1. The second kappa shape index (κ2) is 7.31. The Hall–Kier alpha value is -2.42. The summed E-state index contributed by atoms with van der Waals surface area (Å²) < 4.78 is 21.9. The van der Waals surface area contributed by atoms with Gasteiger partial charge in [-0.1, -0.05) is 12.1 Å². The minimum absolute atomic E-state index is 0.228. The van der Waals surface area contributed by atoms with E-state index >= 15 is 0 Å². The molecule has 35 heavy (non-hydrogen) atoms. The summed E-state index contributed by atoms with van der Waals surface area (Å²) in [6, 6.07) is 8.41. The van der Waals surface area contributed by atoms with Gasteiger partial charge in [0.15, 0.2) is 5.82 Å². The van der Waals surface area contributed by atoms with Crippen molar-refractivity contribution in [1.29, 1.82) is 4.78 Å². The molecule has 2 aliphatic heterocycles. The fourth-order valence-corrected chi connectivity index (χ4v) is 7.91. The summed E-state index contributed by atoms with van der Waals surface area (Å²) in [5.41, 5.74) is 1.81. The molecule has 2 aromatic rings. The molecule has 2 amide bonds. The van der Waals surface area contributed by atoms with Crippen molar-refractivity contribution in [1.82, 2.24) is 24.6 Å². The van der Waals surface area contributed by atoms with E-state index in [0.29, 0.717) is 33.6 Å². The van der Waals surface area contributed by atoms with Crippen LogP contribution in [0.3, 0.4) is 0 Å². The zero-order chi connectivity index (χ0) is 24.0. The molecule has 9 heteroatoms. The Morgan fingerprint density at radius 3 is 2.37 bits per heavy atom. The predicted octanol–water partition coefficient (Wildman–Crippen LogP) is 3.90. The molecule has 2 saturated heterocycles. The molecule has 0 unspecified atom stereocenters. The van der Waals surface area contributed by atoms with E-state index in [9.17, 15) is 9.00 Å². The van der Waals surface area contributed by atoms with Gasteiger partial charge in [-0.05, 0) is 68.6 Å². The van der Waals surface area contributed by atoms with Crippen LogP contribution >= 0.6 is 0 Å². The number of nitrogens with zero attached hydrogens (tertiary/aromatic N) is 5. The van der Waals surface area contributed by atoms with E-state index in [4.69, 9.17) is 9.88 Å². The van der Waals surface area contributed by atoms with Gasteiger partial charge >= 0.3 is 6.03 Å². The average Bonchev–Trinajstić information content (AvgIpc) is 3.44. The summed E-state index contributed by atoms with van der Waals surface area (Å²) >= 11 is 0. The maximum Gasteiger partial charge on any atom is 0.320 e. The third kappa shape index (κ3) is 3.77. The Balaban J connectivity index is 0.855. The normalized spacial score (nSPS) is 26.5. The lowest BCUT2D eigenvalue weighted by atomic mass is 9.56. The number of rotatable bonds is 5. The van der Waals surface area contributed by atoms with E-state index in [2.05, 4.69) is 15.7 Å². The van der Waals surface area contributed by atoms with Crippen LogP contribution in [0.4, 0.5) is 4.79 Å². The van der Waals surface area contributed by atoms with Crippen LogP contribution in [-0.2, 0) is 16.1 Å². The predicted molar refractivity (Wildman–Crippen MR) is 132 cm³/mol. The topological polar surface area (TPSA) is 95.2 Å². The Morgan fingerprint density at radius 2 is 1.74 bits per heavy atom. The van der Waals surface area contributed by atoms with Crippen LogP contribution in [0.1, 0.15) is 61.9 Å². The van der Waals surface area contributed by atoms with Gasteiger partial charge in [0.2, 0.25) is 0 Å². The Kier molecular flexibility index (Phi) is 4.56.